The van der Waals surface area contributed by atoms with E-state index in [2.05, 4.69) is 16.7 Å². The molecule has 0 spiro atoms. The summed E-state index contributed by atoms with van der Waals surface area (Å²) in [6, 6.07) is 0. The van der Waals surface area contributed by atoms with E-state index >= 15 is 0 Å². The van der Waals surface area contributed by atoms with Gasteiger partial charge in [-0.15, -0.1) is 0 Å². The van der Waals surface area contributed by atoms with E-state index in [1.54, 1.807) is 23.3 Å². The normalized spacial score (nSPS) is 10.4. The van der Waals surface area contributed by atoms with Crippen LogP contribution in [-0.2, 0) is 0 Å². The smallest absolute Gasteiger partial charge is 0.262 e. The standard InChI is InChI=1S/C6H5N3O/c1-2-9-4-7-5-3-8-10-6(5)9/h2-4H,1H2. The van der Waals surface area contributed by atoms with Gasteiger partial charge in [0.15, 0.2) is 5.52 Å². The molecule has 0 N–H and O–H groups in total. The number of imidazole rings is 1. The lowest BCUT2D eigenvalue weighted by molar-refractivity contribution is 0.445. The molecule has 50 valence electrons. The fraction of sp³-hybridized carbons (Fsp3) is 0. The van der Waals surface area contributed by atoms with E-state index in [0.717, 1.165) is 5.52 Å². The Morgan fingerprint density at radius 2 is 2.60 bits per heavy atom. The number of hydrogen-bond donors (Lipinski definition) is 0. The molecule has 0 bridgehead atoms. The van der Waals surface area contributed by atoms with Gasteiger partial charge in [0, 0.05) is 6.20 Å². The summed E-state index contributed by atoms with van der Waals surface area (Å²) in [6.07, 6.45) is 4.80. The monoisotopic (exact) mass is 135 g/mol. The molecule has 2 aromatic heterocycles. The molecule has 0 aromatic carbocycles. The zero-order valence-electron chi connectivity index (χ0n) is 5.19. The third-order valence-electron chi connectivity index (χ3n) is 1.29. The van der Waals surface area contributed by atoms with Gasteiger partial charge in [0.2, 0.25) is 0 Å². The first-order valence-corrected chi connectivity index (χ1v) is 2.81. The predicted octanol–water partition coefficient (Wildman–Crippen LogP) is 1.12. The third-order valence-corrected chi connectivity index (χ3v) is 1.29. The number of rotatable bonds is 1. The van der Waals surface area contributed by atoms with Gasteiger partial charge in [-0.1, -0.05) is 11.7 Å². The average molecular weight is 135 g/mol. The second-order valence-electron chi connectivity index (χ2n) is 1.85. The Labute approximate surface area is 56.8 Å². The molecule has 4 heteroatoms. The summed E-state index contributed by atoms with van der Waals surface area (Å²) in [6.45, 7) is 3.57. The largest absolute Gasteiger partial charge is 0.335 e. The maximum atomic E-state index is 4.86. The van der Waals surface area contributed by atoms with Crippen LogP contribution in [0.15, 0.2) is 23.6 Å². The molecule has 0 aliphatic rings. The first kappa shape index (κ1) is 5.22. The van der Waals surface area contributed by atoms with Crippen molar-refractivity contribution in [1.82, 2.24) is 14.7 Å². The van der Waals surface area contributed by atoms with Gasteiger partial charge in [0.1, 0.15) is 6.33 Å². The zero-order chi connectivity index (χ0) is 6.97. The van der Waals surface area contributed by atoms with Gasteiger partial charge in [-0.05, 0) is 0 Å². The molecule has 2 aromatic rings. The zero-order valence-corrected chi connectivity index (χ0v) is 5.19. The van der Waals surface area contributed by atoms with Crippen molar-refractivity contribution in [1.29, 1.82) is 0 Å². The van der Waals surface area contributed by atoms with E-state index in [4.69, 9.17) is 4.52 Å². The molecule has 4 nitrogen and oxygen atoms in total. The third kappa shape index (κ3) is 0.500. The van der Waals surface area contributed by atoms with Gasteiger partial charge in [0.25, 0.3) is 5.71 Å². The molecule has 10 heavy (non-hydrogen) atoms. The summed E-state index contributed by atoms with van der Waals surface area (Å²) in [5.74, 6) is 0. The predicted molar refractivity (Wildman–Crippen MR) is 36.2 cm³/mol. The summed E-state index contributed by atoms with van der Waals surface area (Å²) in [7, 11) is 0. The van der Waals surface area contributed by atoms with Crippen molar-refractivity contribution in [3.63, 3.8) is 0 Å². The first-order valence-electron chi connectivity index (χ1n) is 2.81. The van der Waals surface area contributed by atoms with Crippen LogP contribution in [0.2, 0.25) is 0 Å². The topological polar surface area (TPSA) is 43.9 Å². The van der Waals surface area contributed by atoms with Crippen LogP contribution in [0.25, 0.3) is 17.4 Å². The summed E-state index contributed by atoms with van der Waals surface area (Å²) in [4.78, 5) is 3.98. The van der Waals surface area contributed by atoms with Gasteiger partial charge in [-0.3, -0.25) is 4.57 Å². The maximum absolute atomic E-state index is 4.86. The van der Waals surface area contributed by atoms with Gasteiger partial charge in [-0.2, -0.15) is 0 Å². The lowest BCUT2D eigenvalue weighted by Gasteiger charge is -1.84. The number of fused-ring (bicyclic) bond motifs is 1. The maximum Gasteiger partial charge on any atom is 0.262 e. The minimum atomic E-state index is 0.634. The van der Waals surface area contributed by atoms with Crippen LogP contribution >= 0.6 is 0 Å². The van der Waals surface area contributed by atoms with Gasteiger partial charge < -0.3 is 4.52 Å². The van der Waals surface area contributed by atoms with Crippen molar-refractivity contribution < 1.29 is 4.52 Å². The molecule has 0 aliphatic carbocycles. The molecule has 0 aliphatic heterocycles. The van der Waals surface area contributed by atoms with Crippen molar-refractivity contribution in [2.75, 3.05) is 0 Å². The molecular formula is C6H5N3O. The molecule has 2 rings (SSSR count). The molecule has 0 saturated carbocycles. The summed E-state index contributed by atoms with van der Waals surface area (Å²) in [5, 5.41) is 3.56. The Hall–Kier alpha value is -1.58. The Kier molecular flexibility index (Phi) is 0.887. The highest BCUT2D eigenvalue weighted by Gasteiger charge is 2.02. The lowest BCUT2D eigenvalue weighted by Crippen LogP contribution is -1.77. The fourth-order valence-electron chi connectivity index (χ4n) is 0.803. The van der Waals surface area contributed by atoms with Crippen LogP contribution in [0.4, 0.5) is 0 Å². The van der Waals surface area contributed by atoms with Crippen molar-refractivity contribution >= 4 is 17.4 Å². The average Bonchev–Trinajstić information content (AvgIpc) is 2.44. The van der Waals surface area contributed by atoms with Gasteiger partial charge >= 0.3 is 0 Å². The molecule has 0 saturated heterocycles. The molecule has 0 radical (unpaired) electrons. The Morgan fingerprint density at radius 1 is 1.70 bits per heavy atom. The van der Waals surface area contributed by atoms with Crippen LogP contribution < -0.4 is 0 Å². The summed E-state index contributed by atoms with van der Waals surface area (Å²) in [5.41, 5.74) is 1.38. The van der Waals surface area contributed by atoms with E-state index < -0.39 is 0 Å². The van der Waals surface area contributed by atoms with Crippen LogP contribution in [0.3, 0.4) is 0 Å². The van der Waals surface area contributed by atoms with Crippen LogP contribution in [0.1, 0.15) is 0 Å². The molecule has 0 unspecified atom stereocenters. The molecule has 0 atom stereocenters. The fourth-order valence-corrected chi connectivity index (χ4v) is 0.803. The summed E-state index contributed by atoms with van der Waals surface area (Å²) < 4.78 is 6.53. The Morgan fingerprint density at radius 3 is 3.40 bits per heavy atom. The van der Waals surface area contributed by atoms with Crippen LogP contribution in [-0.4, -0.2) is 14.7 Å². The SMILES string of the molecule is C=Cn1cnc2cnoc21. The highest BCUT2D eigenvalue weighted by molar-refractivity contribution is 5.69. The Bertz CT molecular complexity index is 360. The number of nitrogens with zero attached hydrogens (tertiary/aromatic N) is 3. The number of hydrogen-bond acceptors (Lipinski definition) is 3. The second-order valence-corrected chi connectivity index (χ2v) is 1.85. The lowest BCUT2D eigenvalue weighted by atomic mass is 10.6. The molecule has 0 amide bonds. The van der Waals surface area contributed by atoms with Crippen molar-refractivity contribution in [2.24, 2.45) is 0 Å². The molecule has 0 fully saturated rings. The van der Waals surface area contributed by atoms with E-state index in [9.17, 15) is 0 Å². The Balaban J connectivity index is 2.88. The molecule has 2 heterocycles. The quantitative estimate of drug-likeness (QED) is 0.588. The van der Waals surface area contributed by atoms with Crippen LogP contribution in [0.5, 0.6) is 0 Å². The number of aromatic nitrogens is 3. The minimum absolute atomic E-state index is 0.634. The van der Waals surface area contributed by atoms with E-state index in [1.165, 1.54) is 0 Å². The van der Waals surface area contributed by atoms with Crippen LogP contribution in [0, 0.1) is 0 Å². The van der Waals surface area contributed by atoms with E-state index in [-0.39, 0.29) is 0 Å². The van der Waals surface area contributed by atoms with Crippen molar-refractivity contribution in [2.45, 2.75) is 0 Å². The minimum Gasteiger partial charge on any atom is -0.335 e. The summed E-state index contributed by atoms with van der Waals surface area (Å²) >= 11 is 0. The second kappa shape index (κ2) is 1.70. The molecular weight excluding hydrogens is 130 g/mol. The van der Waals surface area contributed by atoms with E-state index in [1.807, 2.05) is 0 Å². The highest BCUT2D eigenvalue weighted by atomic mass is 16.5. The van der Waals surface area contributed by atoms with Gasteiger partial charge in [-0.25, -0.2) is 4.98 Å². The van der Waals surface area contributed by atoms with Crippen molar-refractivity contribution in [3.8, 4) is 0 Å². The van der Waals surface area contributed by atoms with Crippen molar-refractivity contribution in [3.05, 3.63) is 19.1 Å². The van der Waals surface area contributed by atoms with Gasteiger partial charge in [0.05, 0.1) is 6.20 Å². The highest BCUT2D eigenvalue weighted by Crippen LogP contribution is 2.09. The van der Waals surface area contributed by atoms with E-state index in [0.29, 0.717) is 5.71 Å². The first-order chi connectivity index (χ1) is 4.92.